The molecule has 0 saturated carbocycles. The third kappa shape index (κ3) is 3.75. The average Bonchev–Trinajstić information content (AvgIpc) is 2.43. The summed E-state index contributed by atoms with van der Waals surface area (Å²) in [5, 5.41) is 4.63. The van der Waals surface area contributed by atoms with Gasteiger partial charge >= 0.3 is 12.2 Å². The minimum absolute atomic E-state index is 0.00980. The molecule has 0 aliphatic carbocycles. The van der Waals surface area contributed by atoms with Gasteiger partial charge in [-0.15, -0.1) is 0 Å². The van der Waals surface area contributed by atoms with Crippen molar-refractivity contribution in [2.45, 2.75) is 13.1 Å². The van der Waals surface area contributed by atoms with Crippen LogP contribution in [0.5, 0.6) is 0 Å². The second-order valence-corrected chi connectivity index (χ2v) is 4.59. The highest BCUT2D eigenvalue weighted by Crippen LogP contribution is 2.29. The van der Waals surface area contributed by atoms with Gasteiger partial charge < -0.3 is 10.6 Å². The van der Waals surface area contributed by atoms with E-state index in [9.17, 15) is 22.4 Å². The number of carbonyl (C=O) groups is 1. The van der Waals surface area contributed by atoms with E-state index in [1.807, 2.05) is 0 Å². The number of amides is 2. The molecule has 116 valence electrons. The van der Waals surface area contributed by atoms with Gasteiger partial charge in [-0.3, -0.25) is 0 Å². The molecule has 0 fully saturated rings. The zero-order chi connectivity index (χ0) is 16.3. The second-order valence-electron chi connectivity index (χ2n) is 4.59. The lowest BCUT2D eigenvalue weighted by atomic mass is 10.2. The molecule has 2 rings (SSSR count). The summed E-state index contributed by atoms with van der Waals surface area (Å²) in [5.41, 5.74) is -0.293. The first-order chi connectivity index (χ1) is 10.3. The van der Waals surface area contributed by atoms with Crippen LogP contribution in [0.2, 0.25) is 0 Å². The van der Waals surface area contributed by atoms with Crippen LogP contribution < -0.4 is 10.6 Å². The van der Waals surface area contributed by atoms with Crippen LogP contribution in [-0.2, 0) is 6.18 Å². The second kappa shape index (κ2) is 6.05. The molecule has 0 radical (unpaired) electrons. The molecule has 2 N–H and O–H groups in total. The maximum absolute atomic E-state index is 13.7. The summed E-state index contributed by atoms with van der Waals surface area (Å²) in [6, 6.07) is 7.70. The van der Waals surface area contributed by atoms with Gasteiger partial charge in [-0.1, -0.05) is 12.1 Å². The van der Waals surface area contributed by atoms with Gasteiger partial charge in [0.25, 0.3) is 0 Å². The Morgan fingerprint density at radius 3 is 2.23 bits per heavy atom. The Kier molecular flexibility index (Phi) is 4.35. The number of anilines is 2. The van der Waals surface area contributed by atoms with E-state index in [4.69, 9.17) is 0 Å². The van der Waals surface area contributed by atoms with Gasteiger partial charge in [-0.25, -0.2) is 9.18 Å². The fourth-order valence-electron chi connectivity index (χ4n) is 1.77. The third-order valence-corrected chi connectivity index (χ3v) is 2.91. The lowest BCUT2D eigenvalue weighted by Crippen LogP contribution is -2.20. The van der Waals surface area contributed by atoms with E-state index in [2.05, 4.69) is 10.6 Å². The van der Waals surface area contributed by atoms with Crippen LogP contribution >= 0.6 is 0 Å². The molecule has 0 unspecified atom stereocenters. The Morgan fingerprint density at radius 1 is 1.00 bits per heavy atom. The summed E-state index contributed by atoms with van der Waals surface area (Å²) < 4.78 is 50.9. The third-order valence-electron chi connectivity index (χ3n) is 2.91. The highest BCUT2D eigenvalue weighted by molar-refractivity contribution is 5.99. The van der Waals surface area contributed by atoms with Gasteiger partial charge in [-0.2, -0.15) is 13.2 Å². The highest BCUT2D eigenvalue weighted by Gasteiger charge is 2.29. The number of halogens is 4. The lowest BCUT2D eigenvalue weighted by molar-refractivity contribution is -0.137. The topological polar surface area (TPSA) is 41.1 Å². The van der Waals surface area contributed by atoms with Crippen molar-refractivity contribution in [1.29, 1.82) is 0 Å². The summed E-state index contributed by atoms with van der Waals surface area (Å²) in [6.45, 7) is 1.55. The van der Waals surface area contributed by atoms with E-state index in [1.54, 1.807) is 19.1 Å². The van der Waals surface area contributed by atoms with Crippen molar-refractivity contribution in [1.82, 2.24) is 0 Å². The number of hydrogen-bond donors (Lipinski definition) is 2. The summed E-state index contributed by atoms with van der Waals surface area (Å²) in [6.07, 6.45) is -4.44. The number of urea groups is 1. The Morgan fingerprint density at radius 2 is 1.64 bits per heavy atom. The van der Waals surface area contributed by atoms with Crippen LogP contribution in [0.3, 0.4) is 0 Å². The Hall–Kier alpha value is -2.57. The molecule has 0 atom stereocenters. The normalized spacial score (nSPS) is 11.1. The maximum Gasteiger partial charge on any atom is 0.416 e. The number of benzene rings is 2. The molecule has 0 aliphatic rings. The van der Waals surface area contributed by atoms with Crippen LogP contribution in [0.25, 0.3) is 0 Å². The SMILES string of the molecule is Cc1cccc(NC(=O)Nc2ccc(C(F)(F)F)cc2)c1F. The number of carbonyl (C=O) groups excluding carboxylic acids is 1. The molecule has 0 aromatic heterocycles. The van der Waals surface area contributed by atoms with E-state index >= 15 is 0 Å². The van der Waals surface area contributed by atoms with Gasteiger partial charge in [0.05, 0.1) is 11.3 Å². The smallest absolute Gasteiger partial charge is 0.308 e. The molecule has 0 bridgehead atoms. The Labute approximate surface area is 124 Å². The summed E-state index contributed by atoms with van der Waals surface area (Å²) in [7, 11) is 0. The Balaban J connectivity index is 2.05. The lowest BCUT2D eigenvalue weighted by Gasteiger charge is -2.11. The van der Waals surface area contributed by atoms with Crippen LogP contribution in [0, 0.1) is 12.7 Å². The van der Waals surface area contributed by atoms with Crippen molar-refractivity contribution in [3.05, 3.63) is 59.4 Å². The van der Waals surface area contributed by atoms with E-state index in [1.165, 1.54) is 6.07 Å². The van der Waals surface area contributed by atoms with Crippen LogP contribution in [0.4, 0.5) is 33.7 Å². The predicted molar refractivity (Wildman–Crippen MR) is 75.2 cm³/mol. The zero-order valence-corrected chi connectivity index (χ0v) is 11.5. The Bertz CT molecular complexity index is 681. The number of rotatable bonds is 2. The van der Waals surface area contributed by atoms with Gasteiger partial charge in [0.15, 0.2) is 0 Å². The van der Waals surface area contributed by atoms with E-state index in [-0.39, 0.29) is 11.4 Å². The first-order valence-electron chi connectivity index (χ1n) is 6.28. The molecule has 0 aliphatic heterocycles. The average molecular weight is 312 g/mol. The molecule has 0 heterocycles. The monoisotopic (exact) mass is 312 g/mol. The van der Waals surface area contributed by atoms with Crippen molar-refractivity contribution in [3.63, 3.8) is 0 Å². The largest absolute Gasteiger partial charge is 0.416 e. The summed E-state index contributed by atoms with van der Waals surface area (Å²) in [4.78, 5) is 11.7. The first kappa shape index (κ1) is 15.8. The fraction of sp³-hybridized carbons (Fsp3) is 0.133. The van der Waals surface area contributed by atoms with Crippen molar-refractivity contribution in [2.24, 2.45) is 0 Å². The van der Waals surface area contributed by atoms with Crippen LogP contribution in [-0.4, -0.2) is 6.03 Å². The van der Waals surface area contributed by atoms with Crippen LogP contribution in [0.1, 0.15) is 11.1 Å². The molecule has 3 nitrogen and oxygen atoms in total. The number of alkyl halides is 3. The summed E-state index contributed by atoms with van der Waals surface area (Å²) in [5.74, 6) is -0.565. The van der Waals surface area contributed by atoms with Crippen molar-refractivity contribution < 1.29 is 22.4 Å². The first-order valence-corrected chi connectivity index (χ1v) is 6.28. The van der Waals surface area contributed by atoms with Crippen molar-refractivity contribution in [3.8, 4) is 0 Å². The van der Waals surface area contributed by atoms with Gasteiger partial charge in [0.1, 0.15) is 5.82 Å². The minimum atomic E-state index is -4.44. The molecular formula is C15H12F4N2O. The molecule has 2 aromatic rings. The van der Waals surface area contributed by atoms with Gasteiger partial charge in [0, 0.05) is 5.69 Å². The number of hydrogen-bond acceptors (Lipinski definition) is 1. The van der Waals surface area contributed by atoms with Gasteiger partial charge in [-0.05, 0) is 42.8 Å². The maximum atomic E-state index is 13.7. The fourth-order valence-corrected chi connectivity index (χ4v) is 1.77. The van der Waals surface area contributed by atoms with E-state index in [0.717, 1.165) is 24.3 Å². The summed E-state index contributed by atoms with van der Waals surface area (Å²) >= 11 is 0. The van der Waals surface area contributed by atoms with Crippen molar-refractivity contribution >= 4 is 17.4 Å². The quantitative estimate of drug-likeness (QED) is 0.769. The van der Waals surface area contributed by atoms with Crippen molar-refractivity contribution in [2.75, 3.05) is 10.6 Å². The highest BCUT2D eigenvalue weighted by atomic mass is 19.4. The molecule has 0 spiro atoms. The molecule has 7 heteroatoms. The number of aryl methyl sites for hydroxylation is 1. The molecule has 2 aromatic carbocycles. The molecule has 22 heavy (non-hydrogen) atoms. The van der Waals surface area contributed by atoms with Crippen LogP contribution in [0.15, 0.2) is 42.5 Å². The predicted octanol–water partition coefficient (Wildman–Crippen LogP) is 4.80. The molecule has 0 saturated heterocycles. The van der Waals surface area contributed by atoms with Gasteiger partial charge in [0.2, 0.25) is 0 Å². The minimum Gasteiger partial charge on any atom is -0.308 e. The standard InChI is InChI=1S/C15H12F4N2O/c1-9-3-2-4-12(13(9)16)21-14(22)20-11-7-5-10(6-8-11)15(17,18)19/h2-8H,1H3,(H2,20,21,22). The molecular weight excluding hydrogens is 300 g/mol. The molecule has 2 amide bonds. The number of nitrogens with one attached hydrogen (secondary N) is 2. The van der Waals surface area contributed by atoms with E-state index in [0.29, 0.717) is 5.56 Å². The zero-order valence-electron chi connectivity index (χ0n) is 11.5. The van der Waals surface area contributed by atoms with E-state index < -0.39 is 23.6 Å².